The molecule has 2 N–H and O–H groups in total. The first-order valence-electron chi connectivity index (χ1n) is 6.17. The van der Waals surface area contributed by atoms with Crippen molar-refractivity contribution in [3.63, 3.8) is 0 Å². The summed E-state index contributed by atoms with van der Waals surface area (Å²) in [5.41, 5.74) is 6.82. The Labute approximate surface area is 127 Å². The zero-order chi connectivity index (χ0) is 13.7. The molecule has 0 saturated carbocycles. The Kier molecular flexibility index (Phi) is 5.36. The van der Waals surface area contributed by atoms with Crippen molar-refractivity contribution in [2.45, 2.75) is 30.4 Å². The van der Waals surface area contributed by atoms with Gasteiger partial charge in [0.2, 0.25) is 0 Å². The smallest absolute Gasteiger partial charge is 0.116 e. The topological polar surface area (TPSA) is 38.9 Å². The van der Waals surface area contributed by atoms with Gasteiger partial charge in [0.25, 0.3) is 0 Å². The summed E-state index contributed by atoms with van der Waals surface area (Å²) < 4.78 is 0. The lowest BCUT2D eigenvalue weighted by Crippen LogP contribution is -2.09. The van der Waals surface area contributed by atoms with Gasteiger partial charge in [-0.1, -0.05) is 43.8 Å². The number of hydrogen-bond acceptors (Lipinski definition) is 4. The number of hydrogen-bond donors (Lipinski definition) is 1. The van der Waals surface area contributed by atoms with Crippen molar-refractivity contribution >= 4 is 40.3 Å². The summed E-state index contributed by atoms with van der Waals surface area (Å²) in [6.45, 7) is 2.14. The fraction of sp³-hybridized carbons (Fsp3) is 0.286. The van der Waals surface area contributed by atoms with Crippen LogP contribution in [0.3, 0.4) is 0 Å². The Morgan fingerprint density at radius 3 is 2.74 bits per heavy atom. The molecule has 100 valence electrons. The first kappa shape index (κ1) is 14.5. The summed E-state index contributed by atoms with van der Waals surface area (Å²) >= 11 is 8.51. The van der Waals surface area contributed by atoms with Crippen molar-refractivity contribution in [1.82, 2.24) is 4.98 Å². The van der Waals surface area contributed by atoms with Crippen molar-refractivity contribution in [3.05, 3.63) is 45.9 Å². The number of rotatable bonds is 6. The van der Waals surface area contributed by atoms with Crippen LogP contribution < -0.4 is 5.73 Å². The number of aryl methyl sites for hydroxylation is 1. The monoisotopic (exact) mass is 308 g/mol. The molecule has 0 bridgehead atoms. The highest BCUT2D eigenvalue weighted by atomic mass is 32.2. The Bertz CT molecular complexity index is 549. The van der Waals surface area contributed by atoms with Crippen molar-refractivity contribution in [1.29, 1.82) is 0 Å². The molecule has 1 aromatic heterocycles. The first-order valence-corrected chi connectivity index (χ1v) is 8.38. The van der Waals surface area contributed by atoms with Gasteiger partial charge >= 0.3 is 0 Å². The van der Waals surface area contributed by atoms with Gasteiger partial charge in [0.15, 0.2) is 0 Å². The number of nitrogens with two attached hydrogens (primary N) is 1. The molecular weight excluding hydrogens is 292 g/mol. The van der Waals surface area contributed by atoms with Crippen LogP contribution in [0.1, 0.15) is 28.9 Å². The highest BCUT2D eigenvalue weighted by Crippen LogP contribution is 2.27. The highest BCUT2D eigenvalue weighted by molar-refractivity contribution is 7.98. The molecule has 0 radical (unpaired) electrons. The van der Waals surface area contributed by atoms with Crippen LogP contribution in [0.5, 0.6) is 0 Å². The van der Waals surface area contributed by atoms with E-state index in [1.807, 2.05) is 18.2 Å². The Balaban J connectivity index is 2.08. The quantitative estimate of drug-likeness (QED) is 0.646. The zero-order valence-corrected chi connectivity index (χ0v) is 13.2. The van der Waals surface area contributed by atoms with Gasteiger partial charge in [-0.3, -0.25) is 0 Å². The number of nitrogens with zero attached hydrogens (tertiary/aromatic N) is 1. The molecule has 0 spiro atoms. The standard InChI is InChI=1S/C14H16N2S3/c1-2-6-11-13(14(15)17)19-12(16-11)9-18-10-7-4-3-5-8-10/h3-5,7-8H,2,6,9H2,1H3,(H2,15,17). The lowest BCUT2D eigenvalue weighted by atomic mass is 10.2. The maximum Gasteiger partial charge on any atom is 0.116 e. The minimum Gasteiger partial charge on any atom is -0.389 e. The summed E-state index contributed by atoms with van der Waals surface area (Å²) in [4.78, 5) is 7.38. The van der Waals surface area contributed by atoms with Crippen LogP contribution in [-0.4, -0.2) is 9.97 Å². The number of benzene rings is 1. The summed E-state index contributed by atoms with van der Waals surface area (Å²) in [6, 6.07) is 10.3. The second-order valence-corrected chi connectivity index (χ2v) is 6.67. The van der Waals surface area contributed by atoms with Crippen molar-refractivity contribution in [2.24, 2.45) is 5.73 Å². The number of thiocarbonyl (C=S) groups is 1. The van der Waals surface area contributed by atoms with E-state index >= 15 is 0 Å². The van der Waals surface area contributed by atoms with E-state index < -0.39 is 0 Å². The van der Waals surface area contributed by atoms with Crippen molar-refractivity contribution < 1.29 is 0 Å². The molecule has 0 atom stereocenters. The second kappa shape index (κ2) is 7.03. The minimum atomic E-state index is 0.469. The molecular formula is C14H16N2S3. The summed E-state index contributed by atoms with van der Waals surface area (Å²) in [6.07, 6.45) is 2.00. The maximum absolute atomic E-state index is 5.76. The van der Waals surface area contributed by atoms with Crippen LogP contribution in [0.4, 0.5) is 0 Å². The molecule has 1 heterocycles. The molecule has 2 rings (SSSR count). The van der Waals surface area contributed by atoms with Gasteiger partial charge in [-0.15, -0.1) is 23.1 Å². The molecule has 0 fully saturated rings. The van der Waals surface area contributed by atoms with Gasteiger partial charge in [0.1, 0.15) is 10.00 Å². The molecule has 2 aromatic rings. The normalized spacial score (nSPS) is 10.6. The molecule has 1 aromatic carbocycles. The largest absolute Gasteiger partial charge is 0.389 e. The minimum absolute atomic E-state index is 0.469. The average Bonchev–Trinajstić information content (AvgIpc) is 2.81. The molecule has 0 amide bonds. The lowest BCUT2D eigenvalue weighted by Gasteiger charge is -1.97. The third-order valence-electron chi connectivity index (χ3n) is 2.56. The molecule has 2 nitrogen and oxygen atoms in total. The molecule has 5 heteroatoms. The Morgan fingerprint density at radius 2 is 2.11 bits per heavy atom. The van der Waals surface area contributed by atoms with Gasteiger partial charge in [-0.05, 0) is 18.6 Å². The summed E-state index contributed by atoms with van der Waals surface area (Å²) in [7, 11) is 0. The molecule has 0 aliphatic rings. The number of thiazole rings is 1. The highest BCUT2D eigenvalue weighted by Gasteiger charge is 2.12. The van der Waals surface area contributed by atoms with E-state index in [4.69, 9.17) is 18.0 Å². The number of aromatic nitrogens is 1. The predicted molar refractivity (Wildman–Crippen MR) is 88.0 cm³/mol. The van der Waals surface area contributed by atoms with Gasteiger partial charge in [0, 0.05) is 4.90 Å². The van der Waals surface area contributed by atoms with Gasteiger partial charge < -0.3 is 5.73 Å². The van der Waals surface area contributed by atoms with Crippen LogP contribution in [-0.2, 0) is 12.2 Å². The van der Waals surface area contributed by atoms with Gasteiger partial charge in [-0.25, -0.2) is 4.98 Å². The zero-order valence-electron chi connectivity index (χ0n) is 10.8. The third kappa shape index (κ3) is 4.03. The summed E-state index contributed by atoms with van der Waals surface area (Å²) in [5, 5.41) is 1.10. The van der Waals surface area contributed by atoms with Crippen LogP contribution >= 0.6 is 35.3 Å². The van der Waals surface area contributed by atoms with Gasteiger partial charge in [0.05, 0.1) is 16.3 Å². The predicted octanol–water partition coefficient (Wildman–Crippen LogP) is 4.02. The van der Waals surface area contributed by atoms with Crippen LogP contribution in [0.15, 0.2) is 35.2 Å². The second-order valence-electron chi connectivity index (χ2n) is 4.10. The lowest BCUT2D eigenvalue weighted by molar-refractivity contribution is 0.885. The van der Waals surface area contributed by atoms with Crippen molar-refractivity contribution in [3.8, 4) is 0 Å². The van der Waals surface area contributed by atoms with Crippen LogP contribution in [0.25, 0.3) is 0 Å². The molecule has 19 heavy (non-hydrogen) atoms. The molecule has 0 saturated heterocycles. The van der Waals surface area contributed by atoms with E-state index in [1.165, 1.54) is 4.90 Å². The average molecular weight is 308 g/mol. The molecule has 0 aliphatic heterocycles. The molecule has 0 unspecified atom stereocenters. The first-order chi connectivity index (χ1) is 9.20. The van der Waals surface area contributed by atoms with E-state index in [1.54, 1.807) is 23.1 Å². The fourth-order valence-corrected chi connectivity index (χ4v) is 3.84. The van der Waals surface area contributed by atoms with Crippen LogP contribution in [0, 0.1) is 0 Å². The Hall–Kier alpha value is -0.910. The van der Waals surface area contributed by atoms with E-state index in [0.29, 0.717) is 4.99 Å². The van der Waals surface area contributed by atoms with Crippen LogP contribution in [0.2, 0.25) is 0 Å². The van der Waals surface area contributed by atoms with Gasteiger partial charge in [-0.2, -0.15) is 0 Å². The molecule has 0 aliphatic carbocycles. The number of thioether (sulfide) groups is 1. The summed E-state index contributed by atoms with van der Waals surface area (Å²) in [5.74, 6) is 0.869. The van der Waals surface area contributed by atoms with E-state index in [-0.39, 0.29) is 0 Å². The third-order valence-corrected chi connectivity index (χ3v) is 5.23. The fourth-order valence-electron chi connectivity index (χ4n) is 1.72. The van der Waals surface area contributed by atoms with E-state index in [2.05, 4.69) is 24.0 Å². The van der Waals surface area contributed by atoms with Crippen molar-refractivity contribution in [2.75, 3.05) is 0 Å². The SMILES string of the molecule is CCCc1nc(CSc2ccccc2)sc1C(N)=S. The van der Waals surface area contributed by atoms with E-state index in [0.717, 1.165) is 34.2 Å². The van der Waals surface area contributed by atoms with E-state index in [9.17, 15) is 0 Å². The Morgan fingerprint density at radius 1 is 1.37 bits per heavy atom. The maximum atomic E-state index is 5.76.